The highest BCUT2D eigenvalue weighted by molar-refractivity contribution is 6.25. The monoisotopic (exact) mass is 379 g/mol. The van der Waals surface area contributed by atoms with Crippen LogP contribution in [0.25, 0.3) is 0 Å². The molecule has 28 heavy (non-hydrogen) atoms. The van der Waals surface area contributed by atoms with E-state index in [1.54, 1.807) is 55.3 Å². The number of carbonyl (C=O) groups is 2. The molecular formula is C21H21N3O4. The number of amidine groups is 1. The Balaban J connectivity index is 1.73. The van der Waals surface area contributed by atoms with Crippen LogP contribution in [-0.4, -0.2) is 50.0 Å². The van der Waals surface area contributed by atoms with Gasteiger partial charge in [0.15, 0.2) is 0 Å². The summed E-state index contributed by atoms with van der Waals surface area (Å²) >= 11 is 0. The Morgan fingerprint density at radius 3 is 2.07 bits per heavy atom. The first-order valence-corrected chi connectivity index (χ1v) is 9.00. The Bertz CT molecular complexity index is 937. The molecule has 0 N–H and O–H groups in total. The van der Waals surface area contributed by atoms with Gasteiger partial charge in [0.25, 0.3) is 0 Å². The molecule has 144 valence electrons. The van der Waals surface area contributed by atoms with E-state index in [2.05, 4.69) is 4.99 Å². The predicted octanol–water partition coefficient (Wildman–Crippen LogP) is 3.06. The first-order valence-electron chi connectivity index (χ1n) is 9.00. The lowest BCUT2D eigenvalue weighted by atomic mass is 9.83. The quantitative estimate of drug-likeness (QED) is 0.819. The molecule has 2 aliphatic heterocycles. The number of methoxy groups -OCH3 is 2. The standard InChI is InChI=1S/C21H21N3O4/c1-23-19-17(13-4-8-15(27-2)9-5-13)12-18(25)24(20(19)22-21(23)26)14-6-10-16(28-3)11-7-14/h4-11,17,19H,12H2,1-3H3/t17-,19-/m0/s1. The zero-order valence-electron chi connectivity index (χ0n) is 16.0. The van der Waals surface area contributed by atoms with E-state index >= 15 is 0 Å². The molecule has 3 amide bonds. The molecule has 0 saturated carbocycles. The smallest absolute Gasteiger partial charge is 0.345 e. The van der Waals surface area contributed by atoms with Gasteiger partial charge in [-0.3, -0.25) is 9.69 Å². The number of urea groups is 1. The van der Waals surface area contributed by atoms with Crippen molar-refractivity contribution in [3.8, 4) is 11.5 Å². The molecule has 2 atom stereocenters. The van der Waals surface area contributed by atoms with Crippen LogP contribution in [0.3, 0.4) is 0 Å². The van der Waals surface area contributed by atoms with Crippen molar-refractivity contribution in [1.29, 1.82) is 0 Å². The number of likely N-dealkylation sites (N-methyl/N-ethyl adjacent to an activating group) is 1. The number of rotatable bonds is 4. The van der Waals surface area contributed by atoms with Crippen molar-refractivity contribution in [2.45, 2.75) is 18.4 Å². The van der Waals surface area contributed by atoms with Crippen LogP contribution >= 0.6 is 0 Å². The SMILES string of the molecule is COc1ccc([C@@H]2CC(=O)N(c3ccc(OC)cc3)C3=NC(=O)N(C)[C@H]32)cc1. The molecule has 1 saturated heterocycles. The van der Waals surface area contributed by atoms with Gasteiger partial charge < -0.3 is 14.4 Å². The van der Waals surface area contributed by atoms with Crippen molar-refractivity contribution >= 4 is 23.5 Å². The van der Waals surface area contributed by atoms with E-state index in [0.717, 1.165) is 11.3 Å². The number of ether oxygens (including phenoxy) is 2. The molecule has 2 heterocycles. The van der Waals surface area contributed by atoms with Crippen molar-refractivity contribution in [3.05, 3.63) is 54.1 Å². The van der Waals surface area contributed by atoms with Gasteiger partial charge in [-0.25, -0.2) is 4.79 Å². The zero-order chi connectivity index (χ0) is 19.8. The third-order valence-electron chi connectivity index (χ3n) is 5.32. The van der Waals surface area contributed by atoms with Crippen LogP contribution in [0.4, 0.5) is 10.5 Å². The van der Waals surface area contributed by atoms with Gasteiger partial charge in [0.05, 0.1) is 25.9 Å². The molecule has 0 spiro atoms. The van der Waals surface area contributed by atoms with Gasteiger partial charge in [-0.15, -0.1) is 0 Å². The van der Waals surface area contributed by atoms with Crippen LogP contribution in [0.15, 0.2) is 53.5 Å². The Labute approximate surface area is 163 Å². The van der Waals surface area contributed by atoms with Gasteiger partial charge in [0.1, 0.15) is 17.3 Å². The fourth-order valence-corrected chi connectivity index (χ4v) is 3.84. The number of hydrogen-bond acceptors (Lipinski definition) is 4. The largest absolute Gasteiger partial charge is 0.497 e. The number of hydrogen-bond donors (Lipinski definition) is 0. The van der Waals surface area contributed by atoms with Gasteiger partial charge in [-0.1, -0.05) is 12.1 Å². The van der Waals surface area contributed by atoms with Gasteiger partial charge in [-0.05, 0) is 42.0 Å². The van der Waals surface area contributed by atoms with Crippen molar-refractivity contribution in [1.82, 2.24) is 4.90 Å². The number of benzene rings is 2. The van der Waals surface area contributed by atoms with E-state index in [0.29, 0.717) is 17.3 Å². The van der Waals surface area contributed by atoms with E-state index in [9.17, 15) is 9.59 Å². The highest BCUT2D eigenvalue weighted by atomic mass is 16.5. The number of anilines is 1. The number of piperidine rings is 1. The highest BCUT2D eigenvalue weighted by Gasteiger charge is 2.48. The summed E-state index contributed by atoms with van der Waals surface area (Å²) in [5, 5.41) is 0. The van der Waals surface area contributed by atoms with Crippen LogP contribution < -0.4 is 14.4 Å². The van der Waals surface area contributed by atoms with Crippen molar-refractivity contribution in [2.24, 2.45) is 4.99 Å². The Morgan fingerprint density at radius 2 is 1.50 bits per heavy atom. The lowest BCUT2D eigenvalue weighted by molar-refractivity contribution is -0.118. The number of amides is 3. The minimum atomic E-state index is -0.341. The third-order valence-corrected chi connectivity index (χ3v) is 5.32. The van der Waals surface area contributed by atoms with Crippen molar-refractivity contribution in [2.75, 3.05) is 26.2 Å². The number of fused-ring (bicyclic) bond motifs is 1. The van der Waals surface area contributed by atoms with E-state index in [1.165, 1.54) is 0 Å². The first-order chi connectivity index (χ1) is 13.5. The van der Waals surface area contributed by atoms with Crippen molar-refractivity contribution in [3.63, 3.8) is 0 Å². The van der Waals surface area contributed by atoms with E-state index in [-0.39, 0.29) is 30.3 Å². The molecule has 7 nitrogen and oxygen atoms in total. The fourth-order valence-electron chi connectivity index (χ4n) is 3.84. The van der Waals surface area contributed by atoms with Gasteiger partial charge in [0, 0.05) is 19.4 Å². The Kier molecular flexibility index (Phi) is 4.50. The molecule has 0 aliphatic carbocycles. The van der Waals surface area contributed by atoms with Crippen LogP contribution in [-0.2, 0) is 4.79 Å². The molecule has 2 aliphatic rings. The highest BCUT2D eigenvalue weighted by Crippen LogP contribution is 2.38. The molecule has 2 aromatic carbocycles. The summed E-state index contributed by atoms with van der Waals surface area (Å²) in [5.74, 6) is 1.65. The third kappa shape index (κ3) is 2.89. The van der Waals surface area contributed by atoms with Crippen LogP contribution in [0.1, 0.15) is 17.9 Å². The second kappa shape index (κ2) is 6.99. The summed E-state index contributed by atoms with van der Waals surface area (Å²) in [7, 11) is 4.92. The molecule has 2 aromatic rings. The molecular weight excluding hydrogens is 358 g/mol. The second-order valence-electron chi connectivity index (χ2n) is 6.82. The molecule has 0 unspecified atom stereocenters. The summed E-state index contributed by atoms with van der Waals surface area (Å²) in [5.41, 5.74) is 1.65. The molecule has 1 fully saturated rings. The maximum atomic E-state index is 13.1. The molecule has 0 bridgehead atoms. The van der Waals surface area contributed by atoms with Crippen LogP contribution in [0.5, 0.6) is 11.5 Å². The summed E-state index contributed by atoms with van der Waals surface area (Å²) < 4.78 is 10.4. The molecule has 0 radical (unpaired) electrons. The topological polar surface area (TPSA) is 71.4 Å². The van der Waals surface area contributed by atoms with Crippen molar-refractivity contribution < 1.29 is 19.1 Å². The normalized spacial score (nSPS) is 21.5. The molecule has 4 rings (SSSR count). The number of nitrogens with zero attached hydrogens (tertiary/aromatic N) is 3. The maximum Gasteiger partial charge on any atom is 0.345 e. The van der Waals surface area contributed by atoms with Gasteiger partial charge in [0.2, 0.25) is 5.91 Å². The molecule has 7 heteroatoms. The van der Waals surface area contributed by atoms with E-state index < -0.39 is 0 Å². The van der Waals surface area contributed by atoms with Crippen LogP contribution in [0, 0.1) is 0 Å². The van der Waals surface area contributed by atoms with Gasteiger partial charge >= 0.3 is 6.03 Å². The van der Waals surface area contributed by atoms with E-state index in [1.807, 2.05) is 24.3 Å². The fraction of sp³-hybridized carbons (Fsp3) is 0.286. The average molecular weight is 379 g/mol. The number of carbonyl (C=O) groups excluding carboxylic acids is 2. The maximum absolute atomic E-state index is 13.1. The minimum Gasteiger partial charge on any atom is -0.497 e. The minimum absolute atomic E-state index is 0.0934. The first kappa shape index (κ1) is 18.0. The zero-order valence-corrected chi connectivity index (χ0v) is 16.0. The Morgan fingerprint density at radius 1 is 0.929 bits per heavy atom. The lowest BCUT2D eigenvalue weighted by Crippen LogP contribution is -2.54. The average Bonchev–Trinajstić information content (AvgIpc) is 3.02. The Hall–Kier alpha value is -3.35. The van der Waals surface area contributed by atoms with E-state index in [4.69, 9.17) is 9.47 Å². The number of aliphatic imine (C=N–C) groups is 1. The van der Waals surface area contributed by atoms with Gasteiger partial charge in [-0.2, -0.15) is 4.99 Å². The summed E-state index contributed by atoms with van der Waals surface area (Å²) in [6.45, 7) is 0. The molecule has 0 aromatic heterocycles. The lowest BCUT2D eigenvalue weighted by Gasteiger charge is -2.39. The predicted molar refractivity (Wildman–Crippen MR) is 105 cm³/mol. The van der Waals surface area contributed by atoms with Crippen LogP contribution in [0.2, 0.25) is 0 Å². The summed E-state index contributed by atoms with van der Waals surface area (Å²) in [4.78, 5) is 32.8. The summed E-state index contributed by atoms with van der Waals surface area (Å²) in [6.07, 6.45) is 0.277. The second-order valence-corrected chi connectivity index (χ2v) is 6.82. The summed E-state index contributed by atoms with van der Waals surface area (Å²) in [6, 6.07) is 14.1.